The summed E-state index contributed by atoms with van der Waals surface area (Å²) in [5, 5.41) is 9.16. The summed E-state index contributed by atoms with van der Waals surface area (Å²) in [5.74, 6) is -0.932. The smallest absolute Gasteiger partial charge is 0.344 e. The standard InChI is InChI=1S/C22H19NO5S2/c1-3-18(21(26)27)28-17-6-4-5-14(11-17)12-19-20(25)23(22(29)30-19)16-9-7-15(8-10-16)13(2)24/h4-12,18H,3H2,1-2H3,(H,26,27)/b19-12+. The average Bonchev–Trinajstić information content (AvgIpc) is 2.99. The van der Waals surface area contributed by atoms with Crippen molar-refractivity contribution in [3.63, 3.8) is 0 Å². The highest BCUT2D eigenvalue weighted by Crippen LogP contribution is 2.36. The molecule has 8 heteroatoms. The Morgan fingerprint density at radius 1 is 1.23 bits per heavy atom. The van der Waals surface area contributed by atoms with E-state index in [1.54, 1.807) is 61.5 Å². The van der Waals surface area contributed by atoms with E-state index >= 15 is 0 Å². The van der Waals surface area contributed by atoms with Crippen LogP contribution >= 0.6 is 24.0 Å². The fraction of sp³-hybridized carbons (Fsp3) is 0.182. The van der Waals surface area contributed by atoms with Gasteiger partial charge in [-0.25, -0.2) is 4.79 Å². The maximum Gasteiger partial charge on any atom is 0.344 e. The van der Waals surface area contributed by atoms with Crippen LogP contribution in [0.2, 0.25) is 0 Å². The zero-order chi connectivity index (χ0) is 21.8. The van der Waals surface area contributed by atoms with E-state index in [0.29, 0.717) is 38.2 Å². The van der Waals surface area contributed by atoms with E-state index in [1.807, 2.05) is 0 Å². The quantitative estimate of drug-likeness (QED) is 0.384. The van der Waals surface area contributed by atoms with Gasteiger partial charge in [-0.3, -0.25) is 14.5 Å². The molecular weight excluding hydrogens is 422 g/mol. The summed E-state index contributed by atoms with van der Waals surface area (Å²) < 4.78 is 5.91. The van der Waals surface area contributed by atoms with Gasteiger partial charge in [0.15, 0.2) is 16.2 Å². The van der Waals surface area contributed by atoms with Gasteiger partial charge in [0.05, 0.1) is 10.6 Å². The summed E-state index contributed by atoms with van der Waals surface area (Å²) in [6.07, 6.45) is 1.09. The fourth-order valence-corrected chi connectivity index (χ4v) is 4.14. The highest BCUT2D eigenvalue weighted by atomic mass is 32.2. The van der Waals surface area contributed by atoms with E-state index in [0.717, 1.165) is 0 Å². The lowest BCUT2D eigenvalue weighted by Crippen LogP contribution is -2.27. The largest absolute Gasteiger partial charge is 0.479 e. The molecule has 1 amide bonds. The van der Waals surface area contributed by atoms with Crippen molar-refractivity contribution in [1.29, 1.82) is 0 Å². The third-order valence-corrected chi connectivity index (χ3v) is 5.71. The SMILES string of the molecule is CCC(Oc1cccc(/C=C2/SC(=S)N(c3ccc(C(C)=O)cc3)C2=O)c1)C(=O)O. The predicted octanol–water partition coefficient (Wildman–Crippen LogP) is 4.54. The molecule has 1 atom stereocenters. The predicted molar refractivity (Wildman–Crippen MR) is 121 cm³/mol. The first-order valence-electron chi connectivity index (χ1n) is 9.18. The van der Waals surface area contributed by atoms with Crippen molar-refractivity contribution in [2.45, 2.75) is 26.4 Å². The molecule has 0 aromatic heterocycles. The highest BCUT2D eigenvalue weighted by molar-refractivity contribution is 8.27. The Kier molecular flexibility index (Phi) is 6.69. The van der Waals surface area contributed by atoms with Gasteiger partial charge < -0.3 is 9.84 Å². The average molecular weight is 442 g/mol. The van der Waals surface area contributed by atoms with Crippen LogP contribution in [0.3, 0.4) is 0 Å². The Labute approximate surface area is 183 Å². The minimum absolute atomic E-state index is 0.0536. The lowest BCUT2D eigenvalue weighted by Gasteiger charge is -2.14. The van der Waals surface area contributed by atoms with Crippen LogP contribution in [-0.4, -0.2) is 33.2 Å². The number of nitrogens with zero attached hydrogens (tertiary/aromatic N) is 1. The number of Topliss-reactive ketones (excluding diaryl/α,β-unsaturated/α-hetero) is 1. The van der Waals surface area contributed by atoms with Gasteiger partial charge in [0.1, 0.15) is 5.75 Å². The van der Waals surface area contributed by atoms with Crippen LogP contribution in [0.25, 0.3) is 6.08 Å². The zero-order valence-electron chi connectivity index (χ0n) is 16.3. The number of rotatable bonds is 7. The zero-order valence-corrected chi connectivity index (χ0v) is 18.0. The molecular formula is C22H19NO5S2. The Balaban J connectivity index is 1.82. The number of thioether (sulfide) groups is 1. The number of benzene rings is 2. The number of anilines is 1. The number of ketones is 1. The Hall–Kier alpha value is -2.97. The van der Waals surface area contributed by atoms with Gasteiger partial charge in [-0.05, 0) is 61.4 Å². The molecule has 1 N–H and O–H groups in total. The molecule has 0 radical (unpaired) electrons. The third-order valence-electron chi connectivity index (χ3n) is 4.41. The van der Waals surface area contributed by atoms with Crippen LogP contribution < -0.4 is 9.64 Å². The third kappa shape index (κ3) is 4.77. The molecule has 1 fully saturated rings. The minimum Gasteiger partial charge on any atom is -0.479 e. The van der Waals surface area contributed by atoms with Gasteiger partial charge in [0.25, 0.3) is 5.91 Å². The van der Waals surface area contributed by atoms with Crippen LogP contribution in [-0.2, 0) is 9.59 Å². The molecule has 1 aliphatic heterocycles. The molecule has 0 saturated carbocycles. The Bertz CT molecular complexity index is 1050. The topological polar surface area (TPSA) is 83.9 Å². The number of carboxylic acid groups (broad SMARTS) is 1. The molecule has 1 heterocycles. The summed E-state index contributed by atoms with van der Waals surface area (Å²) in [4.78, 5) is 37.4. The number of amides is 1. The summed E-state index contributed by atoms with van der Waals surface area (Å²) >= 11 is 6.55. The van der Waals surface area contributed by atoms with Crippen LogP contribution in [0.15, 0.2) is 53.4 Å². The second-order valence-electron chi connectivity index (χ2n) is 6.55. The molecule has 2 aromatic rings. The number of ether oxygens (including phenoxy) is 1. The minimum atomic E-state index is -1.03. The van der Waals surface area contributed by atoms with Crippen molar-refractivity contribution in [3.8, 4) is 5.75 Å². The van der Waals surface area contributed by atoms with Crippen LogP contribution in [0.4, 0.5) is 5.69 Å². The number of carbonyl (C=O) groups is 3. The number of carbonyl (C=O) groups excluding carboxylic acids is 2. The number of hydrogen-bond acceptors (Lipinski definition) is 6. The number of hydrogen-bond donors (Lipinski definition) is 1. The number of carboxylic acids is 1. The maximum absolute atomic E-state index is 12.9. The Morgan fingerprint density at radius 3 is 2.53 bits per heavy atom. The van der Waals surface area contributed by atoms with E-state index in [9.17, 15) is 14.4 Å². The molecule has 1 unspecified atom stereocenters. The van der Waals surface area contributed by atoms with Crippen LogP contribution in [0.1, 0.15) is 36.2 Å². The van der Waals surface area contributed by atoms with Gasteiger partial charge in [0, 0.05) is 5.56 Å². The molecule has 0 bridgehead atoms. The molecule has 1 aliphatic rings. The molecule has 3 rings (SSSR count). The fourth-order valence-electron chi connectivity index (χ4n) is 2.84. The lowest BCUT2D eigenvalue weighted by atomic mass is 10.1. The number of aliphatic carboxylic acids is 1. The first-order valence-corrected chi connectivity index (χ1v) is 10.4. The van der Waals surface area contributed by atoms with Gasteiger partial charge in [-0.2, -0.15) is 0 Å². The van der Waals surface area contributed by atoms with Crippen molar-refractivity contribution < 1.29 is 24.2 Å². The normalized spacial score (nSPS) is 16.1. The van der Waals surface area contributed by atoms with Crippen molar-refractivity contribution in [2.75, 3.05) is 4.90 Å². The summed E-state index contributed by atoms with van der Waals surface area (Å²) in [5.41, 5.74) is 1.85. The van der Waals surface area contributed by atoms with Crippen molar-refractivity contribution >= 4 is 57.7 Å². The molecule has 1 saturated heterocycles. The number of thiocarbonyl (C=S) groups is 1. The van der Waals surface area contributed by atoms with Crippen molar-refractivity contribution in [3.05, 3.63) is 64.6 Å². The first kappa shape index (κ1) is 21.7. The monoisotopic (exact) mass is 441 g/mol. The van der Waals surface area contributed by atoms with Crippen LogP contribution in [0.5, 0.6) is 5.75 Å². The van der Waals surface area contributed by atoms with Gasteiger partial charge in [0.2, 0.25) is 0 Å². The second kappa shape index (κ2) is 9.23. The van der Waals surface area contributed by atoms with E-state index < -0.39 is 12.1 Å². The second-order valence-corrected chi connectivity index (χ2v) is 8.22. The lowest BCUT2D eigenvalue weighted by molar-refractivity contribution is -0.145. The Morgan fingerprint density at radius 2 is 1.93 bits per heavy atom. The van der Waals surface area contributed by atoms with E-state index in [1.165, 1.54) is 23.6 Å². The molecule has 0 aliphatic carbocycles. The van der Waals surface area contributed by atoms with Gasteiger partial charge in [-0.15, -0.1) is 0 Å². The summed E-state index contributed by atoms with van der Waals surface area (Å²) in [6, 6.07) is 13.6. The van der Waals surface area contributed by atoms with Crippen molar-refractivity contribution in [2.24, 2.45) is 0 Å². The molecule has 2 aromatic carbocycles. The van der Waals surface area contributed by atoms with Crippen molar-refractivity contribution in [1.82, 2.24) is 0 Å². The molecule has 154 valence electrons. The highest BCUT2D eigenvalue weighted by Gasteiger charge is 2.33. The molecule has 30 heavy (non-hydrogen) atoms. The first-order chi connectivity index (χ1) is 14.3. The van der Waals surface area contributed by atoms with E-state index in [2.05, 4.69) is 0 Å². The van der Waals surface area contributed by atoms with Gasteiger partial charge >= 0.3 is 5.97 Å². The van der Waals surface area contributed by atoms with E-state index in [-0.39, 0.29) is 11.7 Å². The molecule has 0 spiro atoms. The molecule has 6 nitrogen and oxygen atoms in total. The van der Waals surface area contributed by atoms with E-state index in [4.69, 9.17) is 22.1 Å². The van der Waals surface area contributed by atoms with Gasteiger partial charge in [-0.1, -0.05) is 43.0 Å². The summed E-state index contributed by atoms with van der Waals surface area (Å²) in [7, 11) is 0. The maximum atomic E-state index is 12.9. The van der Waals surface area contributed by atoms with Crippen LogP contribution in [0, 0.1) is 0 Å². The summed E-state index contributed by atoms with van der Waals surface area (Å²) in [6.45, 7) is 3.21.